The summed E-state index contributed by atoms with van der Waals surface area (Å²) in [7, 11) is 2.15. The van der Waals surface area contributed by atoms with Crippen molar-refractivity contribution in [1.29, 1.82) is 0 Å². The number of nitrogens with zero attached hydrogens (tertiary/aromatic N) is 6. The normalized spacial score (nSPS) is 19.0. The first-order valence-corrected chi connectivity index (χ1v) is 15.7. The maximum absolute atomic E-state index is 16.7. The van der Waals surface area contributed by atoms with Crippen molar-refractivity contribution in [2.24, 2.45) is 5.41 Å². The van der Waals surface area contributed by atoms with Crippen LogP contribution in [-0.2, 0) is 0 Å². The monoisotopic (exact) mass is 613 g/mol. The van der Waals surface area contributed by atoms with Crippen LogP contribution < -0.4 is 15.2 Å². The summed E-state index contributed by atoms with van der Waals surface area (Å²) < 4.78 is 37.8. The molecule has 234 valence electrons. The summed E-state index contributed by atoms with van der Waals surface area (Å²) in [5, 5.41) is 13.6. The molecule has 2 aromatic carbocycles. The van der Waals surface area contributed by atoms with E-state index in [1.54, 1.807) is 0 Å². The molecule has 3 aliphatic rings. The molecule has 2 saturated heterocycles. The predicted molar refractivity (Wildman–Crippen MR) is 170 cm³/mol. The van der Waals surface area contributed by atoms with Crippen LogP contribution in [0.3, 0.4) is 0 Å². The zero-order valence-corrected chi connectivity index (χ0v) is 25.5. The predicted octanol–water partition coefficient (Wildman–Crippen LogP) is 4.71. The molecular formula is C34H37F2N7O2. The number of halogens is 2. The number of aromatic hydroxyl groups is 1. The lowest BCUT2D eigenvalue weighted by molar-refractivity contribution is 0.107. The Balaban J connectivity index is 1.30. The number of benzene rings is 2. The molecule has 7 rings (SSSR count). The Morgan fingerprint density at radius 2 is 1.89 bits per heavy atom. The van der Waals surface area contributed by atoms with E-state index in [2.05, 4.69) is 38.2 Å². The number of terminal acetylenes is 1. The van der Waals surface area contributed by atoms with Crippen LogP contribution in [0.25, 0.3) is 32.9 Å². The molecule has 0 amide bonds. The van der Waals surface area contributed by atoms with Crippen molar-refractivity contribution in [3.63, 3.8) is 0 Å². The Bertz CT molecular complexity index is 1790. The van der Waals surface area contributed by atoms with E-state index in [-0.39, 0.29) is 39.5 Å². The van der Waals surface area contributed by atoms with Gasteiger partial charge in [0.25, 0.3) is 0 Å². The third kappa shape index (κ3) is 5.86. The molecule has 2 N–H and O–H groups in total. The summed E-state index contributed by atoms with van der Waals surface area (Å²) in [4.78, 5) is 18.7. The van der Waals surface area contributed by atoms with Crippen molar-refractivity contribution in [1.82, 2.24) is 30.2 Å². The summed E-state index contributed by atoms with van der Waals surface area (Å²) >= 11 is 0. The van der Waals surface area contributed by atoms with Crippen LogP contribution in [0, 0.1) is 29.4 Å². The molecule has 0 spiro atoms. The maximum atomic E-state index is 16.7. The third-order valence-corrected chi connectivity index (χ3v) is 9.33. The van der Waals surface area contributed by atoms with Gasteiger partial charge < -0.3 is 19.6 Å². The van der Waals surface area contributed by atoms with Crippen molar-refractivity contribution in [3.8, 4) is 35.4 Å². The number of pyridine rings is 1. The lowest BCUT2D eigenvalue weighted by atomic mass is 9.96. The summed E-state index contributed by atoms with van der Waals surface area (Å²) in [6.45, 7) is 7.02. The average molecular weight is 614 g/mol. The number of ether oxygens (including phenoxy) is 1. The van der Waals surface area contributed by atoms with E-state index in [1.807, 2.05) is 5.01 Å². The van der Waals surface area contributed by atoms with Gasteiger partial charge in [0.15, 0.2) is 11.6 Å². The summed E-state index contributed by atoms with van der Waals surface area (Å²) in [5.74, 6) is 1.42. The molecule has 9 nitrogen and oxygen atoms in total. The van der Waals surface area contributed by atoms with E-state index in [4.69, 9.17) is 16.1 Å². The van der Waals surface area contributed by atoms with Gasteiger partial charge in [-0.25, -0.2) is 14.2 Å². The van der Waals surface area contributed by atoms with Crippen molar-refractivity contribution in [2.45, 2.75) is 32.1 Å². The minimum absolute atomic E-state index is 0.0277. The number of hydrogen-bond acceptors (Lipinski definition) is 9. The summed E-state index contributed by atoms with van der Waals surface area (Å²) in [6.07, 6.45) is 12.4. The lowest BCUT2D eigenvalue weighted by Crippen LogP contribution is -2.47. The van der Waals surface area contributed by atoms with Gasteiger partial charge in [-0.15, -0.1) is 6.42 Å². The van der Waals surface area contributed by atoms with Gasteiger partial charge >= 0.3 is 6.01 Å². The van der Waals surface area contributed by atoms with Crippen molar-refractivity contribution >= 4 is 27.5 Å². The van der Waals surface area contributed by atoms with Gasteiger partial charge in [-0.3, -0.25) is 9.99 Å². The number of rotatable bonds is 7. The second kappa shape index (κ2) is 12.0. The van der Waals surface area contributed by atoms with Gasteiger partial charge in [0.2, 0.25) is 0 Å². The molecule has 0 bridgehead atoms. The van der Waals surface area contributed by atoms with Crippen LogP contribution >= 0.6 is 0 Å². The van der Waals surface area contributed by atoms with Crippen molar-refractivity contribution < 1.29 is 18.6 Å². The van der Waals surface area contributed by atoms with Gasteiger partial charge in [0.05, 0.1) is 17.6 Å². The van der Waals surface area contributed by atoms with E-state index < -0.39 is 11.6 Å². The molecule has 3 fully saturated rings. The molecule has 4 aromatic rings. The highest BCUT2D eigenvalue weighted by atomic mass is 19.1. The third-order valence-electron chi connectivity index (χ3n) is 9.33. The van der Waals surface area contributed by atoms with Crippen LogP contribution in [0.4, 0.5) is 14.6 Å². The van der Waals surface area contributed by atoms with E-state index >= 15 is 4.39 Å². The number of phenolic OH excluding ortho intramolecular Hbond substituents is 1. The van der Waals surface area contributed by atoms with Gasteiger partial charge in [0, 0.05) is 68.4 Å². The minimum Gasteiger partial charge on any atom is -0.508 e. The van der Waals surface area contributed by atoms with Gasteiger partial charge in [-0.05, 0) is 56.3 Å². The quantitative estimate of drug-likeness (QED) is 0.288. The molecular weight excluding hydrogens is 576 g/mol. The number of likely N-dealkylation sites (N-methyl/N-ethyl adjacent to an activating group) is 1. The molecule has 45 heavy (non-hydrogen) atoms. The van der Waals surface area contributed by atoms with E-state index in [0.717, 1.165) is 71.4 Å². The molecule has 0 radical (unpaired) electrons. The van der Waals surface area contributed by atoms with Gasteiger partial charge in [0.1, 0.15) is 22.8 Å². The Hall–Kier alpha value is -4.11. The van der Waals surface area contributed by atoms with Crippen LogP contribution in [0.15, 0.2) is 30.5 Å². The van der Waals surface area contributed by atoms with Crippen molar-refractivity contribution in [3.05, 3.63) is 47.7 Å². The minimum atomic E-state index is -0.728. The number of phenols is 1. The fourth-order valence-corrected chi connectivity index (χ4v) is 6.50. The highest BCUT2D eigenvalue weighted by Gasteiger charge is 2.45. The molecule has 1 aliphatic carbocycles. The van der Waals surface area contributed by atoms with Gasteiger partial charge in [-0.1, -0.05) is 18.4 Å². The molecule has 2 aliphatic heterocycles. The number of fused-ring (bicyclic) bond motifs is 2. The Kier molecular flexibility index (Phi) is 7.89. The SMILES string of the molecule is C#Cc1c(F)ccc2cc(O)cc(-c3ncc4c(N5CCCCCN5)nc(OCC5(CN6CCN(C)CC6)CC5)nc4c3F)c12. The van der Waals surface area contributed by atoms with Crippen LogP contribution in [0.5, 0.6) is 11.8 Å². The highest BCUT2D eigenvalue weighted by Crippen LogP contribution is 2.47. The Labute approximate surface area is 261 Å². The lowest BCUT2D eigenvalue weighted by Gasteiger charge is -2.34. The zero-order chi connectivity index (χ0) is 31.1. The van der Waals surface area contributed by atoms with Crippen LogP contribution in [0.1, 0.15) is 37.7 Å². The molecule has 11 heteroatoms. The molecule has 0 unspecified atom stereocenters. The summed E-state index contributed by atoms with van der Waals surface area (Å²) in [5.41, 5.74) is 3.53. The molecule has 2 aromatic heterocycles. The second-order valence-corrected chi connectivity index (χ2v) is 12.7. The smallest absolute Gasteiger partial charge is 0.319 e. The molecule has 4 heterocycles. The highest BCUT2D eigenvalue weighted by molar-refractivity contribution is 6.03. The first-order chi connectivity index (χ1) is 21.8. The fraction of sp³-hybridized carbons (Fsp3) is 0.441. The van der Waals surface area contributed by atoms with Crippen molar-refractivity contribution in [2.75, 3.05) is 64.5 Å². The number of hydrogen-bond donors (Lipinski definition) is 2. The molecule has 1 saturated carbocycles. The zero-order valence-electron chi connectivity index (χ0n) is 25.5. The number of hydrazine groups is 1. The first-order valence-electron chi connectivity index (χ1n) is 15.7. The van der Waals surface area contributed by atoms with E-state index in [1.165, 1.54) is 30.5 Å². The van der Waals surface area contributed by atoms with E-state index in [9.17, 15) is 9.50 Å². The van der Waals surface area contributed by atoms with Crippen LogP contribution in [0.2, 0.25) is 0 Å². The average Bonchev–Trinajstić information content (AvgIpc) is 3.85. The fourth-order valence-electron chi connectivity index (χ4n) is 6.50. The summed E-state index contributed by atoms with van der Waals surface area (Å²) in [6, 6.07) is 5.65. The molecule has 0 atom stereocenters. The van der Waals surface area contributed by atoms with Gasteiger partial charge in [-0.2, -0.15) is 9.97 Å². The number of anilines is 1. The Morgan fingerprint density at radius 1 is 1.07 bits per heavy atom. The first kappa shape index (κ1) is 29.6. The van der Waals surface area contributed by atoms with Crippen LogP contribution in [-0.4, -0.2) is 89.3 Å². The largest absolute Gasteiger partial charge is 0.508 e. The van der Waals surface area contributed by atoms with E-state index in [0.29, 0.717) is 35.1 Å². The topological polar surface area (TPSA) is 89.9 Å². The second-order valence-electron chi connectivity index (χ2n) is 12.7. The standard InChI is InChI=1S/C34H37F2N7O2/c1-3-24-27(35)8-7-22-17-23(44)18-25(28(22)24)30-29(36)31-26(19-37-30)32(43-12-6-4-5-11-38-43)40-33(39-31)45-21-34(9-10-34)20-42-15-13-41(2)14-16-42/h1,7-8,17-19,38,44H,4-6,9-16,20-21H2,2H3. The number of nitrogens with one attached hydrogen (secondary N) is 1. The number of aromatic nitrogens is 3. The maximum Gasteiger partial charge on any atom is 0.319 e. The Morgan fingerprint density at radius 3 is 2.67 bits per heavy atom. The number of piperazine rings is 1.